The number of benzene rings is 1. The van der Waals surface area contributed by atoms with Crippen LogP contribution in [0.2, 0.25) is 0 Å². The zero-order chi connectivity index (χ0) is 14.9. The number of aryl methyl sites for hydroxylation is 3. The fourth-order valence-corrected chi connectivity index (χ4v) is 2.28. The minimum atomic E-state index is -0.00939. The van der Waals surface area contributed by atoms with Gasteiger partial charge in [0.2, 0.25) is 5.95 Å². The zero-order valence-electron chi connectivity index (χ0n) is 12.6. The third-order valence-corrected chi connectivity index (χ3v) is 2.87. The average molecular weight is 272 g/mol. The molecular formula is C15H20N4O. The molecule has 5 heteroatoms. The fraction of sp³-hybridized carbons (Fsp3) is 0.400. The van der Waals surface area contributed by atoms with E-state index in [0.717, 1.165) is 16.7 Å². The van der Waals surface area contributed by atoms with Crippen LogP contribution in [0.15, 0.2) is 12.1 Å². The van der Waals surface area contributed by atoms with Gasteiger partial charge in [-0.25, -0.2) is 0 Å². The summed E-state index contributed by atoms with van der Waals surface area (Å²) in [5, 5.41) is 0. The summed E-state index contributed by atoms with van der Waals surface area (Å²) in [7, 11) is 0. The van der Waals surface area contributed by atoms with Crippen molar-refractivity contribution in [3.8, 4) is 17.4 Å². The predicted octanol–water partition coefficient (Wildman–Crippen LogP) is 2.83. The quantitative estimate of drug-likeness (QED) is 0.930. The highest BCUT2D eigenvalue weighted by atomic mass is 16.5. The van der Waals surface area contributed by atoms with Crippen LogP contribution in [0.4, 0.5) is 5.95 Å². The minimum absolute atomic E-state index is 0.00939. The topological polar surface area (TPSA) is 73.9 Å². The van der Waals surface area contributed by atoms with E-state index in [1.807, 2.05) is 27.7 Å². The molecule has 0 amide bonds. The number of nitrogens with two attached hydrogens (primary N) is 1. The molecule has 0 fully saturated rings. The highest BCUT2D eigenvalue weighted by Gasteiger charge is 2.13. The summed E-state index contributed by atoms with van der Waals surface area (Å²) in [6.45, 7) is 9.99. The molecule has 0 atom stereocenters. The Labute approximate surface area is 119 Å². The summed E-state index contributed by atoms with van der Waals surface area (Å²) in [6.07, 6.45) is -0.00939. The molecule has 0 aliphatic heterocycles. The van der Waals surface area contributed by atoms with Gasteiger partial charge in [0.15, 0.2) is 5.82 Å². The summed E-state index contributed by atoms with van der Waals surface area (Å²) in [6, 6.07) is 4.47. The smallest absolute Gasteiger partial charge is 0.322 e. The molecule has 0 radical (unpaired) electrons. The highest BCUT2D eigenvalue weighted by Crippen LogP contribution is 2.27. The van der Waals surface area contributed by atoms with Gasteiger partial charge < -0.3 is 10.5 Å². The normalized spacial score (nSPS) is 10.9. The van der Waals surface area contributed by atoms with Gasteiger partial charge in [-0.15, -0.1) is 0 Å². The Morgan fingerprint density at radius 2 is 1.60 bits per heavy atom. The largest absolute Gasteiger partial charge is 0.461 e. The lowest BCUT2D eigenvalue weighted by atomic mass is 9.99. The van der Waals surface area contributed by atoms with Crippen LogP contribution < -0.4 is 10.5 Å². The van der Waals surface area contributed by atoms with Crippen molar-refractivity contribution >= 4 is 5.95 Å². The maximum absolute atomic E-state index is 5.76. The van der Waals surface area contributed by atoms with Gasteiger partial charge >= 0.3 is 6.01 Å². The van der Waals surface area contributed by atoms with E-state index < -0.39 is 0 Å². The van der Waals surface area contributed by atoms with Crippen molar-refractivity contribution in [2.75, 3.05) is 5.73 Å². The Hall–Kier alpha value is -2.17. The fourth-order valence-electron chi connectivity index (χ4n) is 2.28. The molecule has 0 saturated carbocycles. The second kappa shape index (κ2) is 5.45. The number of nitrogens with zero attached hydrogens (tertiary/aromatic N) is 3. The van der Waals surface area contributed by atoms with Crippen LogP contribution in [0.5, 0.6) is 6.01 Å². The third-order valence-electron chi connectivity index (χ3n) is 2.87. The summed E-state index contributed by atoms with van der Waals surface area (Å²) in [5.41, 5.74) is 10.2. The molecule has 1 heterocycles. The van der Waals surface area contributed by atoms with Crippen LogP contribution in [0, 0.1) is 20.8 Å². The van der Waals surface area contributed by atoms with Crippen molar-refractivity contribution in [2.45, 2.75) is 40.7 Å². The lowest BCUT2D eigenvalue weighted by molar-refractivity contribution is 0.222. The summed E-state index contributed by atoms with van der Waals surface area (Å²) < 4.78 is 5.52. The Balaban J connectivity index is 2.55. The lowest BCUT2D eigenvalue weighted by Gasteiger charge is -2.12. The van der Waals surface area contributed by atoms with E-state index in [1.54, 1.807) is 0 Å². The van der Waals surface area contributed by atoms with E-state index in [0.29, 0.717) is 5.82 Å². The maximum Gasteiger partial charge on any atom is 0.322 e. The Morgan fingerprint density at radius 1 is 1.00 bits per heavy atom. The van der Waals surface area contributed by atoms with E-state index in [-0.39, 0.29) is 18.1 Å². The van der Waals surface area contributed by atoms with E-state index in [2.05, 4.69) is 34.0 Å². The van der Waals surface area contributed by atoms with E-state index >= 15 is 0 Å². The monoisotopic (exact) mass is 272 g/mol. The number of anilines is 1. The first-order valence-electron chi connectivity index (χ1n) is 6.63. The first kappa shape index (κ1) is 14.2. The second-order valence-electron chi connectivity index (χ2n) is 5.24. The molecule has 0 aliphatic rings. The first-order chi connectivity index (χ1) is 9.36. The van der Waals surface area contributed by atoms with Gasteiger partial charge in [-0.05, 0) is 45.7 Å². The second-order valence-corrected chi connectivity index (χ2v) is 5.24. The van der Waals surface area contributed by atoms with Crippen molar-refractivity contribution in [3.05, 3.63) is 28.8 Å². The van der Waals surface area contributed by atoms with Crippen molar-refractivity contribution in [2.24, 2.45) is 0 Å². The Morgan fingerprint density at radius 3 is 2.15 bits per heavy atom. The van der Waals surface area contributed by atoms with Crippen molar-refractivity contribution < 1.29 is 4.74 Å². The molecule has 5 nitrogen and oxygen atoms in total. The third kappa shape index (κ3) is 3.04. The molecule has 1 aromatic heterocycles. The number of hydrogen-bond acceptors (Lipinski definition) is 5. The summed E-state index contributed by atoms with van der Waals surface area (Å²) >= 11 is 0. The molecule has 0 saturated heterocycles. The van der Waals surface area contributed by atoms with Crippen molar-refractivity contribution in [1.29, 1.82) is 0 Å². The molecule has 0 aliphatic carbocycles. The maximum atomic E-state index is 5.76. The SMILES string of the molecule is Cc1cc(C)c(-c2nc(N)nc(OC(C)C)n2)c(C)c1. The molecule has 0 spiro atoms. The number of aromatic nitrogens is 3. The molecule has 0 unspecified atom stereocenters. The zero-order valence-corrected chi connectivity index (χ0v) is 12.6. The van der Waals surface area contributed by atoms with Gasteiger partial charge in [0.1, 0.15) is 0 Å². The van der Waals surface area contributed by atoms with Crippen LogP contribution in [-0.2, 0) is 0 Å². The number of hydrogen-bond donors (Lipinski definition) is 1. The molecule has 2 N–H and O–H groups in total. The molecule has 2 aromatic rings. The van der Waals surface area contributed by atoms with Gasteiger partial charge in [-0.1, -0.05) is 17.7 Å². The lowest BCUT2D eigenvalue weighted by Crippen LogP contribution is -2.11. The minimum Gasteiger partial charge on any atom is -0.461 e. The van der Waals surface area contributed by atoms with Gasteiger partial charge in [-0.2, -0.15) is 15.0 Å². The molecule has 20 heavy (non-hydrogen) atoms. The van der Waals surface area contributed by atoms with E-state index in [1.165, 1.54) is 5.56 Å². The predicted molar refractivity (Wildman–Crippen MR) is 79.7 cm³/mol. The van der Waals surface area contributed by atoms with Gasteiger partial charge in [0.25, 0.3) is 0 Å². The van der Waals surface area contributed by atoms with Crippen LogP contribution in [-0.4, -0.2) is 21.1 Å². The number of ether oxygens (including phenoxy) is 1. The summed E-state index contributed by atoms with van der Waals surface area (Å²) in [4.78, 5) is 12.6. The van der Waals surface area contributed by atoms with E-state index in [9.17, 15) is 0 Å². The Kier molecular flexibility index (Phi) is 3.88. The average Bonchev–Trinajstić information content (AvgIpc) is 2.25. The van der Waals surface area contributed by atoms with E-state index in [4.69, 9.17) is 10.5 Å². The van der Waals surface area contributed by atoms with Crippen molar-refractivity contribution in [3.63, 3.8) is 0 Å². The number of rotatable bonds is 3. The molecule has 2 rings (SSSR count). The molecule has 0 bridgehead atoms. The van der Waals surface area contributed by atoms with Gasteiger partial charge in [0.05, 0.1) is 6.10 Å². The standard InChI is InChI=1S/C15H20N4O/c1-8(2)20-15-18-13(17-14(16)19-15)12-10(4)6-9(3)7-11(12)5/h6-8H,1-5H3,(H2,16,17,18,19). The Bertz CT molecular complexity index is 615. The van der Waals surface area contributed by atoms with Crippen LogP contribution in [0.25, 0.3) is 11.4 Å². The highest BCUT2D eigenvalue weighted by molar-refractivity contribution is 5.66. The van der Waals surface area contributed by atoms with Crippen molar-refractivity contribution in [1.82, 2.24) is 15.0 Å². The van der Waals surface area contributed by atoms with Gasteiger partial charge in [-0.3, -0.25) is 0 Å². The van der Waals surface area contributed by atoms with Crippen LogP contribution in [0.3, 0.4) is 0 Å². The summed E-state index contributed by atoms with van der Waals surface area (Å²) in [5.74, 6) is 0.730. The molecule has 1 aromatic carbocycles. The van der Waals surface area contributed by atoms with Crippen LogP contribution in [0.1, 0.15) is 30.5 Å². The van der Waals surface area contributed by atoms with Gasteiger partial charge in [0, 0.05) is 5.56 Å². The molecular weight excluding hydrogens is 252 g/mol. The van der Waals surface area contributed by atoms with Crippen LogP contribution >= 0.6 is 0 Å². The first-order valence-corrected chi connectivity index (χ1v) is 6.63. The number of nitrogen functional groups attached to an aromatic ring is 1. The molecule has 106 valence electrons.